The minimum absolute atomic E-state index is 0.453. The Morgan fingerprint density at radius 2 is 0.889 bits per heavy atom. The van der Waals surface area contributed by atoms with E-state index in [2.05, 4.69) is 168 Å². The zero-order chi connectivity index (χ0) is 38.7. The summed E-state index contributed by atoms with van der Waals surface area (Å²) in [4.78, 5) is 0. The van der Waals surface area contributed by atoms with Gasteiger partial charge in [-0.25, -0.2) is 0 Å². The molecule has 1 heterocycles. The van der Waals surface area contributed by atoms with E-state index in [9.17, 15) is 0 Å². The molecule has 1 aliphatic heterocycles. The molecule has 0 saturated heterocycles. The van der Waals surface area contributed by atoms with Crippen molar-refractivity contribution in [1.82, 2.24) is 0 Å². The zero-order valence-electron chi connectivity index (χ0n) is 35.8. The van der Waals surface area contributed by atoms with Gasteiger partial charge in [-0.2, -0.15) is 0 Å². The van der Waals surface area contributed by atoms with Crippen molar-refractivity contribution in [2.24, 2.45) is 0 Å². The minimum atomic E-state index is -3.58. The van der Waals surface area contributed by atoms with Crippen LogP contribution in [0.25, 0.3) is 10.4 Å². The van der Waals surface area contributed by atoms with Crippen LogP contribution in [-0.2, 0) is 20.0 Å². The van der Waals surface area contributed by atoms with Gasteiger partial charge in [-0.05, 0) is 0 Å². The van der Waals surface area contributed by atoms with Crippen molar-refractivity contribution < 1.29 is 20.0 Å². The van der Waals surface area contributed by atoms with Crippen LogP contribution in [0.1, 0.15) is 184 Å². The molecule has 0 spiro atoms. The fraction of sp³-hybridized carbons (Fsp3) is 0.462. The van der Waals surface area contributed by atoms with E-state index in [-0.39, 0.29) is 0 Å². The van der Waals surface area contributed by atoms with Crippen LogP contribution < -0.4 is 10.4 Å². The summed E-state index contributed by atoms with van der Waals surface area (Å²) in [7, 11) is -2.90. The molecule has 2 unspecified atom stereocenters. The van der Waals surface area contributed by atoms with Gasteiger partial charge in [-0.1, -0.05) is 0 Å². The number of rotatable bonds is 12. The van der Waals surface area contributed by atoms with Gasteiger partial charge in [0.25, 0.3) is 0 Å². The van der Waals surface area contributed by atoms with Crippen LogP contribution in [0, 0.1) is 0 Å². The third-order valence-electron chi connectivity index (χ3n) is 14.1. The predicted octanol–water partition coefficient (Wildman–Crippen LogP) is 14.5. The van der Waals surface area contributed by atoms with Gasteiger partial charge in [0.1, 0.15) is 0 Å². The normalized spacial score (nSPS) is 19.6. The van der Waals surface area contributed by atoms with Crippen molar-refractivity contribution in [3.8, 4) is 0 Å². The number of allylic oxidation sites excluding steroid dienone is 2. The Labute approximate surface area is 335 Å². The van der Waals surface area contributed by atoms with Gasteiger partial charge in [-0.3, -0.25) is 0 Å². The van der Waals surface area contributed by atoms with Crippen molar-refractivity contribution in [1.29, 1.82) is 0 Å². The molecule has 0 aromatic heterocycles. The molecule has 2 heteroatoms. The standard InChI is InChI=1S/C44H50Si.2C4H9.Hf/c1-27(2)33-23-35-21-31(9)43(41(35)39(25-33)29(5)6)45(37-17-13-11-14-18-37,38-19-15-12-16-20-38)44-32(10)22-36-24-34(28(3)4)26-40(30(7)8)42(36)44;2*1-3-4-2;/h11-30H,1-10H3;2*1,3-4H2,2H3;. The molecule has 3 aliphatic rings. The molecule has 2 atom stereocenters. The van der Waals surface area contributed by atoms with Crippen molar-refractivity contribution in [3.05, 3.63) is 141 Å². The molecule has 4 bridgehead atoms. The van der Waals surface area contributed by atoms with Crippen molar-refractivity contribution >= 4 is 28.8 Å². The van der Waals surface area contributed by atoms with Gasteiger partial charge in [0.15, 0.2) is 0 Å². The first kappa shape index (κ1) is 39.7. The number of hydrogen-bond donors (Lipinski definition) is 0. The summed E-state index contributed by atoms with van der Waals surface area (Å²) >= 11 is -3.58. The van der Waals surface area contributed by atoms with Crippen LogP contribution in [0.3, 0.4) is 0 Å². The first-order chi connectivity index (χ1) is 25.9. The number of fused-ring (bicyclic) bond motifs is 8. The van der Waals surface area contributed by atoms with Gasteiger partial charge < -0.3 is 0 Å². The molecular weight excluding hydrogens is 831 g/mol. The second kappa shape index (κ2) is 15.4. The van der Waals surface area contributed by atoms with Gasteiger partial charge >= 0.3 is 338 Å². The van der Waals surface area contributed by atoms with Crippen LogP contribution in [0.2, 0.25) is 8.35 Å². The maximum atomic E-state index is 2.79. The first-order valence-electron chi connectivity index (χ1n) is 21.8. The summed E-state index contributed by atoms with van der Waals surface area (Å²) in [6.45, 7) is 29.9. The molecule has 2 aliphatic carbocycles. The Morgan fingerprint density at radius 1 is 0.519 bits per heavy atom. The van der Waals surface area contributed by atoms with E-state index in [1.807, 2.05) is 0 Å². The molecule has 4 aromatic carbocycles. The molecule has 0 nitrogen and oxygen atoms in total. The zero-order valence-corrected chi connectivity index (χ0v) is 40.4. The van der Waals surface area contributed by atoms with E-state index in [4.69, 9.17) is 0 Å². The average Bonchev–Trinajstić information content (AvgIpc) is 3.64. The Bertz CT molecular complexity index is 1920. The molecule has 284 valence electrons. The third kappa shape index (κ3) is 5.97. The summed E-state index contributed by atoms with van der Waals surface area (Å²) in [5.74, 6) is 1.92. The molecule has 0 amide bonds. The number of unbranched alkanes of at least 4 members (excludes halogenated alkanes) is 2. The summed E-state index contributed by atoms with van der Waals surface area (Å²) < 4.78 is 4.19. The molecule has 0 fully saturated rings. The van der Waals surface area contributed by atoms with E-state index >= 15 is 0 Å². The van der Waals surface area contributed by atoms with Crippen molar-refractivity contribution in [2.75, 3.05) is 0 Å². The van der Waals surface area contributed by atoms with Crippen molar-refractivity contribution in [2.45, 2.75) is 148 Å². The summed E-state index contributed by atoms with van der Waals surface area (Å²) in [6, 6.07) is 35.0. The SMILES string of the molecule is CCC[CH2][Hf]1([CH2]CCC)[CH]2C(C)=C(c3c(C(C)C)cc(C(C)C)cc32)[Si](c2ccccc2)(c2ccccc2)C2=C(C)[CH]1c1cc(C(C)C)cc(C(C)C)c12. The molecule has 54 heavy (non-hydrogen) atoms. The summed E-state index contributed by atoms with van der Waals surface area (Å²) in [6.07, 6.45) is 5.32. The number of benzene rings is 4. The van der Waals surface area contributed by atoms with Gasteiger partial charge in [0, 0.05) is 0 Å². The van der Waals surface area contributed by atoms with Crippen LogP contribution >= 0.6 is 0 Å². The van der Waals surface area contributed by atoms with Gasteiger partial charge in [0.2, 0.25) is 0 Å². The molecule has 0 N–H and O–H groups in total. The molecule has 0 saturated carbocycles. The molecule has 7 rings (SSSR count). The summed E-state index contributed by atoms with van der Waals surface area (Å²) in [5.41, 5.74) is 16.8. The predicted molar refractivity (Wildman–Crippen MR) is 237 cm³/mol. The Balaban J connectivity index is 1.80. The molecular formula is C52H68HfSi. The monoisotopic (exact) mass is 900 g/mol. The quantitative estimate of drug-likeness (QED) is 0.124. The van der Waals surface area contributed by atoms with Gasteiger partial charge in [-0.15, -0.1) is 0 Å². The Morgan fingerprint density at radius 3 is 1.20 bits per heavy atom. The fourth-order valence-electron chi connectivity index (χ4n) is 11.8. The van der Waals surface area contributed by atoms with E-state index in [1.54, 1.807) is 76.4 Å². The van der Waals surface area contributed by atoms with Crippen LogP contribution in [0.5, 0.6) is 0 Å². The topological polar surface area (TPSA) is 0 Å². The Kier molecular flexibility index (Phi) is 11.3. The fourth-order valence-corrected chi connectivity index (χ4v) is 45.6. The second-order valence-electron chi connectivity index (χ2n) is 18.7. The third-order valence-corrected chi connectivity index (χ3v) is 42.1. The average molecular weight is 900 g/mol. The van der Waals surface area contributed by atoms with Crippen LogP contribution in [0.15, 0.2) is 96.1 Å². The maximum absolute atomic E-state index is 3.58. The van der Waals surface area contributed by atoms with Crippen molar-refractivity contribution in [3.63, 3.8) is 0 Å². The Hall–Kier alpha value is -2.55. The van der Waals surface area contributed by atoms with E-state index in [0.717, 1.165) is 0 Å². The molecule has 4 aromatic rings. The van der Waals surface area contributed by atoms with Crippen LogP contribution in [0.4, 0.5) is 0 Å². The van der Waals surface area contributed by atoms with Crippen LogP contribution in [-0.4, -0.2) is 8.07 Å². The van der Waals surface area contributed by atoms with E-state index in [0.29, 0.717) is 31.0 Å². The van der Waals surface area contributed by atoms with E-state index < -0.39 is 28.0 Å². The second-order valence-corrected chi connectivity index (χ2v) is 38.9. The summed E-state index contributed by atoms with van der Waals surface area (Å²) in [5, 5.41) is 6.68. The first-order valence-corrected chi connectivity index (χ1v) is 33.0. The molecule has 0 radical (unpaired) electrons. The number of hydrogen-bond acceptors (Lipinski definition) is 0. The van der Waals surface area contributed by atoms with Gasteiger partial charge in [0.05, 0.1) is 0 Å². The van der Waals surface area contributed by atoms with E-state index in [1.165, 1.54) is 34.0 Å².